The molecule has 2 aliphatic heterocycles. The lowest BCUT2D eigenvalue weighted by Crippen LogP contribution is -2.63. The smallest absolute Gasteiger partial charge is 0.228 e. The summed E-state index contributed by atoms with van der Waals surface area (Å²) < 4.78 is 0. The molecule has 22 heavy (non-hydrogen) atoms. The van der Waals surface area contributed by atoms with Crippen molar-refractivity contribution in [3.63, 3.8) is 0 Å². The van der Waals surface area contributed by atoms with Gasteiger partial charge in [0.2, 0.25) is 5.91 Å². The Hall–Kier alpha value is -0.610. The number of amides is 1. The Morgan fingerprint density at radius 2 is 1.73 bits per heavy atom. The molecule has 2 fully saturated rings. The van der Waals surface area contributed by atoms with Gasteiger partial charge in [-0.1, -0.05) is 20.8 Å². The summed E-state index contributed by atoms with van der Waals surface area (Å²) in [5.74, 6) is 0.625. The maximum atomic E-state index is 12.8. The first-order chi connectivity index (χ1) is 9.93. The molecule has 0 aliphatic carbocycles. The highest BCUT2D eigenvalue weighted by atomic mass is 16.3. The van der Waals surface area contributed by atoms with Crippen molar-refractivity contribution in [1.29, 1.82) is 0 Å². The molecule has 2 heterocycles. The first-order valence-corrected chi connectivity index (χ1v) is 8.73. The van der Waals surface area contributed by atoms with Crippen LogP contribution in [0.2, 0.25) is 0 Å². The third kappa shape index (κ3) is 3.48. The van der Waals surface area contributed by atoms with E-state index in [0.717, 1.165) is 19.3 Å². The lowest BCUT2D eigenvalue weighted by Gasteiger charge is -2.49. The Morgan fingerprint density at radius 1 is 1.23 bits per heavy atom. The molecule has 1 amide bonds. The van der Waals surface area contributed by atoms with Gasteiger partial charge in [0.05, 0.1) is 0 Å². The van der Waals surface area contributed by atoms with Gasteiger partial charge >= 0.3 is 0 Å². The molecule has 0 spiro atoms. The van der Waals surface area contributed by atoms with E-state index in [-0.39, 0.29) is 34.9 Å². The first kappa shape index (κ1) is 17.7. The minimum absolute atomic E-state index is 0.0220. The average Bonchev–Trinajstić information content (AvgIpc) is 2.49. The number of rotatable bonds is 3. The summed E-state index contributed by atoms with van der Waals surface area (Å²) in [6.45, 7) is 15.0. The molecule has 2 rings (SSSR count). The van der Waals surface area contributed by atoms with Gasteiger partial charge in [0.15, 0.2) is 0 Å². The summed E-state index contributed by atoms with van der Waals surface area (Å²) in [5, 5.41) is 14.5. The molecule has 2 saturated heterocycles. The SMILES string of the molecule is CC(C)CC1C(C)C(=O)N(C2CC(C)(C)NC(C)(C)C2)C1O. The number of piperidine rings is 1. The normalized spacial score (nSPS) is 35.4. The van der Waals surface area contributed by atoms with Crippen LogP contribution < -0.4 is 5.32 Å². The fourth-order valence-corrected chi connectivity index (χ4v) is 4.74. The number of hydrogen-bond donors (Lipinski definition) is 2. The second kappa shape index (κ2) is 5.79. The van der Waals surface area contributed by atoms with E-state index in [2.05, 4.69) is 46.9 Å². The molecule has 0 aromatic carbocycles. The van der Waals surface area contributed by atoms with Gasteiger partial charge in [0, 0.05) is 29.0 Å². The van der Waals surface area contributed by atoms with Crippen LogP contribution in [0.3, 0.4) is 0 Å². The third-order valence-corrected chi connectivity index (χ3v) is 5.26. The minimum Gasteiger partial charge on any atom is -0.373 e. The first-order valence-electron chi connectivity index (χ1n) is 8.73. The molecule has 4 nitrogen and oxygen atoms in total. The van der Waals surface area contributed by atoms with Crippen molar-refractivity contribution in [2.45, 2.75) is 91.1 Å². The number of hydrogen-bond acceptors (Lipinski definition) is 3. The van der Waals surface area contributed by atoms with Gasteiger partial charge in [-0.05, 0) is 52.9 Å². The number of nitrogens with zero attached hydrogens (tertiary/aromatic N) is 1. The number of aliphatic hydroxyl groups is 1. The van der Waals surface area contributed by atoms with Crippen LogP contribution in [-0.2, 0) is 4.79 Å². The molecule has 2 N–H and O–H groups in total. The summed E-state index contributed by atoms with van der Waals surface area (Å²) in [7, 11) is 0. The van der Waals surface area contributed by atoms with Crippen LogP contribution in [0.5, 0.6) is 0 Å². The van der Waals surface area contributed by atoms with Crippen molar-refractivity contribution in [3.8, 4) is 0 Å². The van der Waals surface area contributed by atoms with Crippen LogP contribution in [-0.4, -0.2) is 39.3 Å². The molecule has 0 saturated carbocycles. The van der Waals surface area contributed by atoms with Crippen LogP contribution in [0.1, 0.15) is 67.7 Å². The van der Waals surface area contributed by atoms with Crippen molar-refractivity contribution in [2.24, 2.45) is 17.8 Å². The predicted octanol–water partition coefficient (Wildman–Crippen LogP) is 2.75. The Labute approximate surface area is 135 Å². The highest BCUT2D eigenvalue weighted by molar-refractivity contribution is 5.81. The van der Waals surface area contributed by atoms with Crippen LogP contribution in [0.4, 0.5) is 0 Å². The maximum Gasteiger partial charge on any atom is 0.228 e. The highest BCUT2D eigenvalue weighted by Gasteiger charge is 2.50. The number of likely N-dealkylation sites (tertiary alicyclic amines) is 1. The topological polar surface area (TPSA) is 52.6 Å². The molecule has 128 valence electrons. The number of aliphatic hydroxyl groups excluding tert-OH is 1. The zero-order valence-corrected chi connectivity index (χ0v) is 15.3. The van der Waals surface area contributed by atoms with E-state index >= 15 is 0 Å². The van der Waals surface area contributed by atoms with E-state index < -0.39 is 6.23 Å². The van der Waals surface area contributed by atoms with Gasteiger partial charge in [-0.3, -0.25) is 4.79 Å². The van der Waals surface area contributed by atoms with Gasteiger partial charge in [-0.15, -0.1) is 0 Å². The molecule has 3 unspecified atom stereocenters. The van der Waals surface area contributed by atoms with Gasteiger partial charge in [0.25, 0.3) is 0 Å². The Balaban J connectivity index is 2.22. The van der Waals surface area contributed by atoms with Gasteiger partial charge < -0.3 is 15.3 Å². The minimum atomic E-state index is -0.625. The Kier molecular flexibility index (Phi) is 4.67. The summed E-state index contributed by atoms with van der Waals surface area (Å²) >= 11 is 0. The standard InChI is InChI=1S/C18H34N2O2/c1-11(2)8-14-12(3)15(21)20(16(14)22)13-9-17(4,5)19-18(6,7)10-13/h11-14,16,19,22H,8-10H2,1-7H3. The van der Waals surface area contributed by atoms with Crippen LogP contribution in [0.25, 0.3) is 0 Å². The summed E-state index contributed by atoms with van der Waals surface area (Å²) in [6, 6.07) is 0.119. The molecule has 0 bridgehead atoms. The van der Waals surface area contributed by atoms with Crippen LogP contribution in [0.15, 0.2) is 0 Å². The largest absolute Gasteiger partial charge is 0.373 e. The van der Waals surface area contributed by atoms with E-state index in [1.165, 1.54) is 0 Å². The summed E-state index contributed by atoms with van der Waals surface area (Å²) in [5.41, 5.74) is -0.0441. The molecule has 3 atom stereocenters. The Morgan fingerprint density at radius 3 is 2.18 bits per heavy atom. The van der Waals surface area contributed by atoms with E-state index in [9.17, 15) is 9.90 Å². The fraction of sp³-hybridized carbons (Fsp3) is 0.944. The monoisotopic (exact) mass is 310 g/mol. The van der Waals surface area contributed by atoms with Crippen molar-refractivity contribution in [2.75, 3.05) is 0 Å². The van der Waals surface area contributed by atoms with Crippen molar-refractivity contribution in [1.82, 2.24) is 10.2 Å². The van der Waals surface area contributed by atoms with Gasteiger partial charge in [-0.2, -0.15) is 0 Å². The second-order valence-electron chi connectivity index (χ2n) is 9.20. The van der Waals surface area contributed by atoms with E-state index in [1.54, 1.807) is 0 Å². The number of carbonyl (C=O) groups is 1. The predicted molar refractivity (Wildman–Crippen MR) is 89.3 cm³/mol. The molecule has 0 aromatic heterocycles. The highest BCUT2D eigenvalue weighted by Crippen LogP contribution is 2.40. The Bertz CT molecular complexity index is 415. The van der Waals surface area contributed by atoms with Crippen molar-refractivity contribution < 1.29 is 9.90 Å². The average molecular weight is 310 g/mol. The lowest BCUT2D eigenvalue weighted by molar-refractivity contribution is -0.141. The fourth-order valence-electron chi connectivity index (χ4n) is 4.74. The van der Waals surface area contributed by atoms with Gasteiger partial charge in [-0.25, -0.2) is 0 Å². The second-order valence-corrected chi connectivity index (χ2v) is 9.20. The third-order valence-electron chi connectivity index (χ3n) is 5.26. The van der Waals surface area contributed by atoms with Crippen molar-refractivity contribution in [3.05, 3.63) is 0 Å². The van der Waals surface area contributed by atoms with Crippen LogP contribution >= 0.6 is 0 Å². The van der Waals surface area contributed by atoms with Crippen LogP contribution in [0, 0.1) is 17.8 Å². The zero-order valence-electron chi connectivity index (χ0n) is 15.3. The van der Waals surface area contributed by atoms with Crippen molar-refractivity contribution >= 4 is 5.91 Å². The lowest BCUT2D eigenvalue weighted by atomic mass is 9.79. The van der Waals surface area contributed by atoms with E-state index in [0.29, 0.717) is 5.92 Å². The number of nitrogens with one attached hydrogen (secondary N) is 1. The molecule has 2 aliphatic rings. The van der Waals surface area contributed by atoms with E-state index in [4.69, 9.17) is 0 Å². The quantitative estimate of drug-likeness (QED) is 0.843. The van der Waals surface area contributed by atoms with E-state index in [1.807, 2.05) is 11.8 Å². The molecular weight excluding hydrogens is 276 g/mol. The number of carbonyl (C=O) groups excluding carboxylic acids is 1. The summed E-state index contributed by atoms with van der Waals surface area (Å²) in [6.07, 6.45) is 2.06. The molecule has 0 aromatic rings. The molecule has 4 heteroatoms. The molecule has 0 radical (unpaired) electrons. The maximum absolute atomic E-state index is 12.8. The van der Waals surface area contributed by atoms with Gasteiger partial charge in [0.1, 0.15) is 6.23 Å². The summed E-state index contributed by atoms with van der Waals surface area (Å²) in [4.78, 5) is 14.6. The molecular formula is C18H34N2O2. The zero-order chi connectivity index (χ0) is 16.9.